The summed E-state index contributed by atoms with van der Waals surface area (Å²) < 4.78 is 1.82. The molecule has 1 aliphatic rings. The Kier molecular flexibility index (Phi) is 4.02. The monoisotopic (exact) mass is 316 g/mol. The van der Waals surface area contributed by atoms with E-state index in [1.165, 1.54) is 0 Å². The molecule has 7 heteroatoms. The molecule has 23 heavy (non-hydrogen) atoms. The predicted octanol–water partition coefficient (Wildman–Crippen LogP) is 1.95. The van der Waals surface area contributed by atoms with E-state index in [1.807, 2.05) is 24.6 Å². The van der Waals surface area contributed by atoms with E-state index in [2.05, 4.69) is 10.3 Å². The van der Waals surface area contributed by atoms with Crippen molar-refractivity contribution >= 4 is 22.9 Å². The Hall–Kier alpha value is -2.44. The van der Waals surface area contributed by atoms with Crippen molar-refractivity contribution in [2.75, 3.05) is 13.1 Å². The number of amides is 1. The van der Waals surface area contributed by atoms with E-state index in [-0.39, 0.29) is 17.9 Å². The van der Waals surface area contributed by atoms with E-state index in [9.17, 15) is 9.59 Å². The molecule has 2 heterocycles. The summed E-state index contributed by atoms with van der Waals surface area (Å²) in [7, 11) is 0. The minimum atomic E-state index is -0.774. The quantitative estimate of drug-likeness (QED) is 0.935. The molecule has 1 aliphatic heterocycles. The van der Waals surface area contributed by atoms with Crippen LogP contribution in [0.25, 0.3) is 11.0 Å². The van der Waals surface area contributed by atoms with Gasteiger partial charge in [-0.1, -0.05) is 5.21 Å². The first-order valence-corrected chi connectivity index (χ1v) is 7.84. The average Bonchev–Trinajstić information content (AvgIpc) is 2.97. The van der Waals surface area contributed by atoms with Gasteiger partial charge in [-0.25, -0.2) is 4.68 Å². The number of rotatable bonds is 3. The van der Waals surface area contributed by atoms with Crippen LogP contribution in [0.1, 0.15) is 43.1 Å². The minimum absolute atomic E-state index is 0.0742. The summed E-state index contributed by atoms with van der Waals surface area (Å²) in [6.45, 7) is 5.01. The van der Waals surface area contributed by atoms with Crippen LogP contribution in [0.2, 0.25) is 0 Å². The number of benzene rings is 1. The maximum atomic E-state index is 12.6. The molecule has 0 unspecified atom stereocenters. The van der Waals surface area contributed by atoms with Crippen LogP contribution in [0, 0.1) is 5.92 Å². The predicted molar refractivity (Wildman–Crippen MR) is 84.2 cm³/mol. The van der Waals surface area contributed by atoms with Crippen LogP contribution in [-0.2, 0) is 4.79 Å². The first kappa shape index (κ1) is 15.5. The van der Waals surface area contributed by atoms with Gasteiger partial charge in [0.2, 0.25) is 0 Å². The third-order valence-electron chi connectivity index (χ3n) is 4.34. The van der Waals surface area contributed by atoms with E-state index in [1.54, 1.807) is 17.0 Å². The summed E-state index contributed by atoms with van der Waals surface area (Å²) in [6.07, 6.45) is 1.01. The maximum Gasteiger partial charge on any atom is 0.306 e. The first-order chi connectivity index (χ1) is 11.0. The molecule has 1 amide bonds. The van der Waals surface area contributed by atoms with Crippen molar-refractivity contribution in [1.82, 2.24) is 19.9 Å². The fourth-order valence-electron chi connectivity index (χ4n) is 2.97. The number of carboxylic acids is 1. The summed E-state index contributed by atoms with van der Waals surface area (Å²) in [5.74, 6) is -1.19. The van der Waals surface area contributed by atoms with Gasteiger partial charge in [-0.05, 0) is 44.9 Å². The molecule has 0 spiro atoms. The standard InChI is InChI=1S/C16H20N4O3/c1-10(2)20-14-4-3-12(9-13(14)17-18-20)15(21)19-7-5-11(6-8-19)16(22)23/h3-4,9-11H,5-8H2,1-2H3,(H,22,23). The molecule has 2 aromatic rings. The second-order valence-electron chi connectivity index (χ2n) is 6.24. The topological polar surface area (TPSA) is 88.3 Å². The van der Waals surface area contributed by atoms with Crippen molar-refractivity contribution in [2.24, 2.45) is 5.92 Å². The molecule has 1 saturated heterocycles. The van der Waals surface area contributed by atoms with E-state index < -0.39 is 5.97 Å². The first-order valence-electron chi connectivity index (χ1n) is 7.84. The van der Waals surface area contributed by atoms with Gasteiger partial charge in [-0.3, -0.25) is 9.59 Å². The summed E-state index contributed by atoms with van der Waals surface area (Å²) >= 11 is 0. The largest absolute Gasteiger partial charge is 0.481 e. The number of likely N-dealkylation sites (tertiary alicyclic amines) is 1. The van der Waals surface area contributed by atoms with Crippen LogP contribution in [0.15, 0.2) is 18.2 Å². The van der Waals surface area contributed by atoms with Crippen molar-refractivity contribution in [3.8, 4) is 0 Å². The lowest BCUT2D eigenvalue weighted by Gasteiger charge is -2.30. The van der Waals surface area contributed by atoms with Gasteiger partial charge in [0.25, 0.3) is 5.91 Å². The SMILES string of the molecule is CC(C)n1nnc2cc(C(=O)N3CCC(C(=O)O)CC3)ccc21. The van der Waals surface area contributed by atoms with Crippen molar-refractivity contribution in [3.63, 3.8) is 0 Å². The second-order valence-corrected chi connectivity index (χ2v) is 6.24. The number of fused-ring (bicyclic) bond motifs is 1. The van der Waals surface area contributed by atoms with E-state index in [0.29, 0.717) is 37.0 Å². The molecule has 0 aliphatic carbocycles. The Bertz CT molecular complexity index is 745. The maximum absolute atomic E-state index is 12.6. The summed E-state index contributed by atoms with van der Waals surface area (Å²) in [4.78, 5) is 25.3. The number of nitrogens with zero attached hydrogens (tertiary/aromatic N) is 4. The number of aromatic nitrogens is 3. The Morgan fingerprint density at radius 3 is 2.57 bits per heavy atom. The Labute approximate surface area is 133 Å². The second kappa shape index (κ2) is 5.98. The van der Waals surface area contributed by atoms with Gasteiger partial charge in [-0.2, -0.15) is 0 Å². The van der Waals surface area contributed by atoms with E-state index >= 15 is 0 Å². The lowest BCUT2D eigenvalue weighted by molar-refractivity contribution is -0.143. The van der Waals surface area contributed by atoms with Crippen molar-refractivity contribution in [3.05, 3.63) is 23.8 Å². The van der Waals surface area contributed by atoms with Crippen LogP contribution in [-0.4, -0.2) is 50.0 Å². The number of hydrogen-bond donors (Lipinski definition) is 1. The molecule has 0 radical (unpaired) electrons. The van der Waals surface area contributed by atoms with Crippen LogP contribution < -0.4 is 0 Å². The smallest absolute Gasteiger partial charge is 0.306 e. The van der Waals surface area contributed by atoms with Crippen molar-refractivity contribution in [1.29, 1.82) is 0 Å². The molecular formula is C16H20N4O3. The molecule has 7 nitrogen and oxygen atoms in total. The number of piperidine rings is 1. The molecule has 1 aromatic heterocycles. The number of carboxylic acid groups (broad SMARTS) is 1. The van der Waals surface area contributed by atoms with Gasteiger partial charge in [0.15, 0.2) is 0 Å². The number of carbonyl (C=O) groups is 2. The Morgan fingerprint density at radius 2 is 1.96 bits per heavy atom. The van der Waals surface area contributed by atoms with Crippen LogP contribution in [0.3, 0.4) is 0 Å². The van der Waals surface area contributed by atoms with Crippen LogP contribution in [0.4, 0.5) is 0 Å². The number of aliphatic carboxylic acids is 1. The average molecular weight is 316 g/mol. The Morgan fingerprint density at radius 1 is 1.26 bits per heavy atom. The van der Waals surface area contributed by atoms with Gasteiger partial charge in [-0.15, -0.1) is 5.10 Å². The number of hydrogen-bond acceptors (Lipinski definition) is 4. The molecule has 0 saturated carbocycles. The Balaban J connectivity index is 1.78. The highest BCUT2D eigenvalue weighted by molar-refractivity contribution is 5.97. The lowest BCUT2D eigenvalue weighted by atomic mass is 9.96. The highest BCUT2D eigenvalue weighted by Crippen LogP contribution is 2.21. The van der Waals surface area contributed by atoms with E-state index in [0.717, 1.165) is 5.52 Å². The van der Waals surface area contributed by atoms with Crippen molar-refractivity contribution < 1.29 is 14.7 Å². The summed E-state index contributed by atoms with van der Waals surface area (Å²) in [6, 6.07) is 5.62. The zero-order valence-electron chi connectivity index (χ0n) is 13.3. The highest BCUT2D eigenvalue weighted by Gasteiger charge is 2.27. The van der Waals surface area contributed by atoms with Crippen molar-refractivity contribution in [2.45, 2.75) is 32.7 Å². The normalized spacial score (nSPS) is 16.2. The molecule has 0 atom stereocenters. The van der Waals surface area contributed by atoms with Gasteiger partial charge in [0.05, 0.1) is 11.4 Å². The summed E-state index contributed by atoms with van der Waals surface area (Å²) in [5, 5.41) is 17.3. The van der Waals surface area contributed by atoms with Crippen LogP contribution in [0.5, 0.6) is 0 Å². The molecule has 1 N–H and O–H groups in total. The fourth-order valence-corrected chi connectivity index (χ4v) is 2.97. The zero-order valence-corrected chi connectivity index (χ0v) is 13.3. The van der Waals surface area contributed by atoms with Gasteiger partial charge in [0, 0.05) is 24.7 Å². The van der Waals surface area contributed by atoms with Crippen LogP contribution >= 0.6 is 0 Å². The van der Waals surface area contributed by atoms with Gasteiger partial charge in [0.1, 0.15) is 5.52 Å². The summed E-state index contributed by atoms with van der Waals surface area (Å²) in [5.41, 5.74) is 2.17. The fraction of sp³-hybridized carbons (Fsp3) is 0.500. The molecule has 122 valence electrons. The molecular weight excluding hydrogens is 296 g/mol. The third kappa shape index (κ3) is 2.91. The molecule has 1 aromatic carbocycles. The number of carbonyl (C=O) groups excluding carboxylic acids is 1. The molecule has 3 rings (SSSR count). The van der Waals surface area contributed by atoms with Gasteiger partial charge < -0.3 is 10.0 Å². The minimum Gasteiger partial charge on any atom is -0.481 e. The zero-order chi connectivity index (χ0) is 16.6. The van der Waals surface area contributed by atoms with E-state index in [4.69, 9.17) is 5.11 Å². The van der Waals surface area contributed by atoms with Gasteiger partial charge >= 0.3 is 5.97 Å². The third-order valence-corrected chi connectivity index (χ3v) is 4.34. The lowest BCUT2D eigenvalue weighted by Crippen LogP contribution is -2.40. The molecule has 0 bridgehead atoms. The molecule has 1 fully saturated rings. The highest BCUT2D eigenvalue weighted by atomic mass is 16.4.